The van der Waals surface area contributed by atoms with Gasteiger partial charge in [-0.1, -0.05) is 19.8 Å². The van der Waals surface area contributed by atoms with Crippen LogP contribution in [-0.4, -0.2) is 18.5 Å². The topological polar surface area (TPSA) is 41.1 Å². The van der Waals surface area contributed by atoms with Gasteiger partial charge in [-0.25, -0.2) is 13.2 Å². The number of halogens is 3. The second-order valence-electron chi connectivity index (χ2n) is 4.61. The number of anilines is 1. The summed E-state index contributed by atoms with van der Waals surface area (Å²) >= 11 is 0. The molecule has 0 saturated heterocycles. The molecule has 0 aromatic heterocycles. The Kier molecular flexibility index (Phi) is 6.35. The molecule has 0 bridgehead atoms. The van der Waals surface area contributed by atoms with Crippen molar-refractivity contribution in [2.45, 2.75) is 39.2 Å². The van der Waals surface area contributed by atoms with E-state index >= 15 is 0 Å². The van der Waals surface area contributed by atoms with Gasteiger partial charge in [0.1, 0.15) is 11.9 Å². The number of amides is 1. The summed E-state index contributed by atoms with van der Waals surface area (Å²) in [7, 11) is 0. The fourth-order valence-electron chi connectivity index (χ4n) is 1.70. The van der Waals surface area contributed by atoms with E-state index in [4.69, 9.17) is 0 Å². The molecule has 3 nitrogen and oxygen atoms in total. The maximum Gasteiger partial charge on any atom is 0.242 e. The number of carbonyl (C=O) groups excluding carboxylic acids is 1. The van der Waals surface area contributed by atoms with Crippen molar-refractivity contribution in [3.8, 4) is 0 Å². The van der Waals surface area contributed by atoms with E-state index in [1.807, 2.05) is 6.92 Å². The number of benzene rings is 1. The van der Waals surface area contributed by atoms with Crippen molar-refractivity contribution in [3.05, 3.63) is 29.6 Å². The summed E-state index contributed by atoms with van der Waals surface area (Å²) in [6, 6.07) is 0.488. The highest BCUT2D eigenvalue weighted by atomic mass is 19.2. The molecule has 0 aliphatic heterocycles. The highest BCUT2D eigenvalue weighted by Crippen LogP contribution is 2.19. The Morgan fingerprint density at radius 2 is 1.95 bits per heavy atom. The van der Waals surface area contributed by atoms with Crippen molar-refractivity contribution < 1.29 is 18.0 Å². The van der Waals surface area contributed by atoms with Crippen molar-refractivity contribution >= 4 is 11.6 Å². The summed E-state index contributed by atoms with van der Waals surface area (Å²) in [5.74, 6) is -3.73. The van der Waals surface area contributed by atoms with E-state index in [-0.39, 0.29) is 11.6 Å². The second-order valence-corrected chi connectivity index (χ2v) is 4.61. The van der Waals surface area contributed by atoms with Crippen LogP contribution in [0.4, 0.5) is 18.9 Å². The van der Waals surface area contributed by atoms with E-state index in [0.717, 1.165) is 25.3 Å². The Morgan fingerprint density at radius 1 is 1.25 bits per heavy atom. The molecule has 1 atom stereocenters. The van der Waals surface area contributed by atoms with Crippen LogP contribution < -0.4 is 10.6 Å². The lowest BCUT2D eigenvalue weighted by Crippen LogP contribution is -2.38. The smallest absolute Gasteiger partial charge is 0.242 e. The summed E-state index contributed by atoms with van der Waals surface area (Å²) in [6.45, 7) is 4.07. The lowest BCUT2D eigenvalue weighted by molar-refractivity contribution is -0.121. The van der Waals surface area contributed by atoms with Crippen molar-refractivity contribution in [2.24, 2.45) is 0 Å². The van der Waals surface area contributed by atoms with Crippen LogP contribution in [0.3, 0.4) is 0 Å². The maximum atomic E-state index is 13.4. The molecule has 6 heteroatoms. The molecule has 2 N–H and O–H groups in total. The number of hydrogen-bond donors (Lipinski definition) is 2. The Balaban J connectivity index is 2.57. The minimum Gasteiger partial charge on any atom is -0.371 e. The molecule has 0 heterocycles. The Hall–Kier alpha value is -1.72. The first-order chi connectivity index (χ1) is 9.45. The first-order valence-electron chi connectivity index (χ1n) is 6.64. The van der Waals surface area contributed by atoms with Crippen LogP contribution in [0.1, 0.15) is 33.1 Å². The van der Waals surface area contributed by atoms with E-state index in [0.29, 0.717) is 12.6 Å². The minimum atomic E-state index is -1.29. The average molecular weight is 288 g/mol. The number of carbonyl (C=O) groups is 1. The molecular formula is C14H19F3N2O. The quantitative estimate of drug-likeness (QED) is 0.597. The molecule has 0 aliphatic rings. The van der Waals surface area contributed by atoms with Crippen molar-refractivity contribution in [1.82, 2.24) is 5.32 Å². The van der Waals surface area contributed by atoms with Gasteiger partial charge in [-0.05, 0) is 13.3 Å². The second kappa shape index (κ2) is 7.77. The van der Waals surface area contributed by atoms with Gasteiger partial charge in [-0.2, -0.15) is 0 Å². The molecule has 20 heavy (non-hydrogen) atoms. The van der Waals surface area contributed by atoms with Crippen LogP contribution in [0.5, 0.6) is 0 Å². The zero-order chi connectivity index (χ0) is 15.1. The van der Waals surface area contributed by atoms with E-state index in [9.17, 15) is 18.0 Å². The van der Waals surface area contributed by atoms with Gasteiger partial charge in [0.2, 0.25) is 5.91 Å². The van der Waals surface area contributed by atoms with Crippen molar-refractivity contribution in [1.29, 1.82) is 0 Å². The van der Waals surface area contributed by atoms with Gasteiger partial charge >= 0.3 is 0 Å². The fourth-order valence-corrected chi connectivity index (χ4v) is 1.70. The third kappa shape index (κ3) is 4.75. The van der Waals surface area contributed by atoms with Crippen LogP contribution >= 0.6 is 0 Å². The van der Waals surface area contributed by atoms with Gasteiger partial charge in [0.25, 0.3) is 0 Å². The number of rotatable bonds is 7. The summed E-state index contributed by atoms with van der Waals surface area (Å²) in [6.07, 6.45) is 2.90. The molecule has 1 aromatic carbocycles. The number of unbranched alkanes of at least 4 members (excludes halogenated alkanes) is 2. The predicted molar refractivity (Wildman–Crippen MR) is 71.9 cm³/mol. The highest BCUT2D eigenvalue weighted by Gasteiger charge is 2.17. The van der Waals surface area contributed by atoms with Crippen molar-refractivity contribution in [2.75, 3.05) is 11.9 Å². The molecule has 1 aromatic rings. The van der Waals surface area contributed by atoms with Gasteiger partial charge in [-0.3, -0.25) is 4.79 Å². The number of hydrogen-bond acceptors (Lipinski definition) is 2. The van der Waals surface area contributed by atoms with Gasteiger partial charge in [0, 0.05) is 18.7 Å². The Morgan fingerprint density at radius 3 is 2.60 bits per heavy atom. The third-order valence-corrected chi connectivity index (χ3v) is 2.84. The molecule has 0 fully saturated rings. The monoisotopic (exact) mass is 288 g/mol. The van der Waals surface area contributed by atoms with Crippen LogP contribution in [-0.2, 0) is 4.79 Å². The van der Waals surface area contributed by atoms with Crippen LogP contribution in [0.2, 0.25) is 0 Å². The minimum absolute atomic E-state index is 0.342. The van der Waals surface area contributed by atoms with Gasteiger partial charge in [0.15, 0.2) is 11.6 Å². The van der Waals surface area contributed by atoms with E-state index in [1.54, 1.807) is 0 Å². The molecule has 112 valence electrons. The summed E-state index contributed by atoms with van der Waals surface area (Å²) in [4.78, 5) is 11.7. The standard InChI is InChI=1S/C14H19F3N2O/c1-3-4-5-6-18-14(20)9(2)19-12-8-10(15)7-11(16)13(12)17/h7-9,19H,3-6H2,1-2H3,(H,18,20). The van der Waals surface area contributed by atoms with Crippen LogP contribution in [0.25, 0.3) is 0 Å². The normalized spacial score (nSPS) is 12.1. The molecule has 0 saturated carbocycles. The first-order valence-corrected chi connectivity index (χ1v) is 6.64. The molecular weight excluding hydrogens is 269 g/mol. The fraction of sp³-hybridized carbons (Fsp3) is 0.500. The lowest BCUT2D eigenvalue weighted by atomic mass is 10.2. The SMILES string of the molecule is CCCCCNC(=O)C(C)Nc1cc(F)cc(F)c1F. The lowest BCUT2D eigenvalue weighted by Gasteiger charge is -2.16. The maximum absolute atomic E-state index is 13.4. The van der Waals surface area contributed by atoms with Crippen LogP contribution in [0, 0.1) is 17.5 Å². The van der Waals surface area contributed by atoms with Gasteiger partial charge in [-0.15, -0.1) is 0 Å². The van der Waals surface area contributed by atoms with Crippen LogP contribution in [0.15, 0.2) is 12.1 Å². The zero-order valence-electron chi connectivity index (χ0n) is 11.6. The van der Waals surface area contributed by atoms with E-state index < -0.39 is 23.5 Å². The van der Waals surface area contributed by atoms with E-state index in [2.05, 4.69) is 10.6 Å². The van der Waals surface area contributed by atoms with E-state index in [1.165, 1.54) is 6.92 Å². The molecule has 0 spiro atoms. The van der Waals surface area contributed by atoms with Crippen molar-refractivity contribution in [3.63, 3.8) is 0 Å². The summed E-state index contributed by atoms with van der Waals surface area (Å²) < 4.78 is 39.4. The third-order valence-electron chi connectivity index (χ3n) is 2.84. The molecule has 0 aliphatic carbocycles. The number of nitrogens with one attached hydrogen (secondary N) is 2. The molecule has 1 rings (SSSR count). The summed E-state index contributed by atoms with van der Waals surface area (Å²) in [5, 5.41) is 5.14. The summed E-state index contributed by atoms with van der Waals surface area (Å²) in [5.41, 5.74) is -0.362. The average Bonchev–Trinajstić information content (AvgIpc) is 2.40. The first kappa shape index (κ1) is 16.3. The van der Waals surface area contributed by atoms with Gasteiger partial charge < -0.3 is 10.6 Å². The predicted octanol–water partition coefficient (Wildman–Crippen LogP) is 3.21. The molecule has 0 radical (unpaired) electrons. The molecule has 1 unspecified atom stereocenters. The molecule has 1 amide bonds. The van der Waals surface area contributed by atoms with Gasteiger partial charge in [0.05, 0.1) is 5.69 Å². The zero-order valence-corrected chi connectivity index (χ0v) is 11.6. The Bertz CT molecular complexity index is 466. The Labute approximate surface area is 116 Å². The highest BCUT2D eigenvalue weighted by molar-refractivity contribution is 5.84. The largest absolute Gasteiger partial charge is 0.371 e.